The summed E-state index contributed by atoms with van der Waals surface area (Å²) in [4.78, 5) is 17.3. The molecule has 29 heavy (non-hydrogen) atoms. The van der Waals surface area contributed by atoms with Crippen molar-refractivity contribution in [2.75, 3.05) is 5.32 Å². The molecule has 1 aliphatic carbocycles. The minimum Gasteiger partial charge on any atom is -0.315 e. The molecule has 0 saturated heterocycles. The summed E-state index contributed by atoms with van der Waals surface area (Å²) in [6.07, 6.45) is 5.43. The predicted molar refractivity (Wildman–Crippen MR) is 125 cm³/mol. The van der Waals surface area contributed by atoms with Crippen LogP contribution in [-0.4, -0.2) is 10.2 Å². The molecule has 0 spiro atoms. The van der Waals surface area contributed by atoms with Crippen molar-refractivity contribution in [1.29, 1.82) is 0 Å². The molecule has 4 heteroatoms. The van der Waals surface area contributed by atoms with Crippen LogP contribution >= 0.6 is 11.8 Å². The zero-order chi connectivity index (χ0) is 21.0. The summed E-state index contributed by atoms with van der Waals surface area (Å²) < 4.78 is 0. The summed E-state index contributed by atoms with van der Waals surface area (Å²) in [7, 11) is 0. The minimum absolute atomic E-state index is 0.0175. The van der Waals surface area contributed by atoms with Gasteiger partial charge in [0.15, 0.2) is 0 Å². The number of rotatable bonds is 4. The van der Waals surface area contributed by atoms with E-state index in [0.29, 0.717) is 23.5 Å². The number of carbonyl (C=O) groups excluding carboxylic acids is 1. The van der Waals surface area contributed by atoms with E-state index in [1.165, 1.54) is 29.3 Å². The van der Waals surface area contributed by atoms with E-state index in [9.17, 15) is 4.79 Å². The molecule has 2 aromatic rings. The summed E-state index contributed by atoms with van der Waals surface area (Å²) in [6, 6.07) is 12.5. The first-order chi connectivity index (χ1) is 13.7. The smallest absolute Gasteiger partial charge is 0.283 e. The van der Waals surface area contributed by atoms with Crippen LogP contribution in [0.5, 0.6) is 0 Å². The third-order valence-corrected chi connectivity index (χ3v) is 6.67. The van der Waals surface area contributed by atoms with Gasteiger partial charge in [0.25, 0.3) is 5.24 Å². The van der Waals surface area contributed by atoms with Gasteiger partial charge < -0.3 is 5.32 Å². The maximum atomic E-state index is 12.6. The van der Waals surface area contributed by atoms with Crippen LogP contribution in [0.3, 0.4) is 0 Å². The molecular formula is C25H34N2OS. The molecule has 3 rings (SSSR count). The summed E-state index contributed by atoms with van der Waals surface area (Å²) in [5.41, 5.74) is 4.55. The van der Waals surface area contributed by atoms with Crippen LogP contribution in [0.2, 0.25) is 0 Å². The van der Waals surface area contributed by atoms with E-state index in [1.54, 1.807) is 0 Å². The van der Waals surface area contributed by atoms with Crippen LogP contribution in [-0.2, 0) is 11.2 Å². The monoisotopic (exact) mass is 410 g/mol. The zero-order valence-electron chi connectivity index (χ0n) is 18.4. The van der Waals surface area contributed by atoms with Gasteiger partial charge in [0.05, 0.1) is 11.4 Å². The number of thioether (sulfide) groups is 1. The Balaban J connectivity index is 1.61. The maximum Gasteiger partial charge on any atom is 0.283 e. The van der Waals surface area contributed by atoms with E-state index in [2.05, 4.69) is 69.2 Å². The van der Waals surface area contributed by atoms with Gasteiger partial charge in [-0.2, -0.15) is 0 Å². The number of aromatic nitrogens is 1. The van der Waals surface area contributed by atoms with Gasteiger partial charge in [0.1, 0.15) is 0 Å². The number of nitrogens with zero attached hydrogens (tertiary/aromatic N) is 1. The standard InChI is InChI=1S/C25H34N2OS/c1-17-13-18(2)15-20(14-17)23-22(7-6-12-26-23)27-24(28)29-16-19-8-10-21(11-9-19)25(3,4)5/h6-12,17-18,20H,13-16H2,1-5H3,(H,27,28). The van der Waals surface area contributed by atoms with Crippen LogP contribution < -0.4 is 5.32 Å². The number of pyridine rings is 1. The molecular weight excluding hydrogens is 376 g/mol. The van der Waals surface area contributed by atoms with Gasteiger partial charge in [-0.1, -0.05) is 70.6 Å². The van der Waals surface area contributed by atoms with Crippen LogP contribution in [0.25, 0.3) is 0 Å². The molecule has 2 atom stereocenters. The SMILES string of the molecule is CC1CC(C)CC(c2ncccc2NC(=O)SCc2ccc(C(C)(C)C)cc2)C1. The molecule has 0 aliphatic heterocycles. The van der Waals surface area contributed by atoms with E-state index >= 15 is 0 Å². The summed E-state index contributed by atoms with van der Waals surface area (Å²) in [6.45, 7) is 11.3. The maximum absolute atomic E-state index is 12.6. The van der Waals surface area contributed by atoms with E-state index in [-0.39, 0.29) is 10.7 Å². The topological polar surface area (TPSA) is 42.0 Å². The van der Waals surface area contributed by atoms with Gasteiger partial charge in [-0.3, -0.25) is 9.78 Å². The molecule has 1 aliphatic rings. The highest BCUT2D eigenvalue weighted by Crippen LogP contribution is 2.40. The van der Waals surface area contributed by atoms with Gasteiger partial charge in [0.2, 0.25) is 0 Å². The lowest BCUT2D eigenvalue weighted by Gasteiger charge is -2.32. The van der Waals surface area contributed by atoms with Crippen molar-refractivity contribution in [3.63, 3.8) is 0 Å². The molecule has 1 amide bonds. The highest BCUT2D eigenvalue weighted by molar-refractivity contribution is 8.13. The Morgan fingerprint density at radius 1 is 1.07 bits per heavy atom. The Bertz CT molecular complexity index is 815. The Morgan fingerprint density at radius 2 is 1.72 bits per heavy atom. The lowest BCUT2D eigenvalue weighted by atomic mass is 9.75. The Hall–Kier alpha value is -1.81. The molecule has 1 saturated carbocycles. The molecule has 1 aromatic heterocycles. The predicted octanol–water partition coefficient (Wildman–Crippen LogP) is 7.38. The largest absolute Gasteiger partial charge is 0.315 e. The van der Waals surface area contributed by atoms with Crippen molar-refractivity contribution in [3.8, 4) is 0 Å². The normalized spacial score (nSPS) is 22.3. The van der Waals surface area contributed by atoms with Crippen LogP contribution in [0.1, 0.15) is 76.6 Å². The van der Waals surface area contributed by atoms with E-state index < -0.39 is 0 Å². The van der Waals surface area contributed by atoms with Crippen molar-refractivity contribution in [2.24, 2.45) is 11.8 Å². The van der Waals surface area contributed by atoms with Crippen molar-refractivity contribution in [3.05, 3.63) is 59.4 Å². The number of carbonyl (C=O) groups is 1. The Kier molecular flexibility index (Phi) is 7.05. The molecule has 0 bridgehead atoms. The fourth-order valence-corrected chi connectivity index (χ4v) is 5.09. The van der Waals surface area contributed by atoms with E-state index in [0.717, 1.165) is 24.2 Å². The molecule has 1 N–H and O–H groups in total. The van der Waals surface area contributed by atoms with E-state index in [1.807, 2.05) is 18.3 Å². The van der Waals surface area contributed by atoms with Gasteiger partial charge in [0, 0.05) is 17.9 Å². The second-order valence-electron chi connectivity index (χ2n) is 9.70. The first-order valence-corrected chi connectivity index (χ1v) is 11.7. The third kappa shape index (κ3) is 6.08. The third-order valence-electron chi connectivity index (χ3n) is 5.83. The van der Waals surface area contributed by atoms with Gasteiger partial charge in [-0.15, -0.1) is 0 Å². The van der Waals surface area contributed by atoms with Crippen LogP contribution in [0, 0.1) is 11.8 Å². The molecule has 1 fully saturated rings. The number of amides is 1. The minimum atomic E-state index is -0.0175. The Morgan fingerprint density at radius 3 is 2.34 bits per heavy atom. The first-order valence-electron chi connectivity index (χ1n) is 10.7. The lowest BCUT2D eigenvalue weighted by Crippen LogP contribution is -2.20. The number of hydrogen-bond acceptors (Lipinski definition) is 3. The number of nitrogens with one attached hydrogen (secondary N) is 1. The van der Waals surface area contributed by atoms with Gasteiger partial charge in [-0.25, -0.2) is 0 Å². The number of benzene rings is 1. The molecule has 3 nitrogen and oxygen atoms in total. The average Bonchev–Trinajstić information content (AvgIpc) is 2.66. The molecule has 0 radical (unpaired) electrons. The lowest BCUT2D eigenvalue weighted by molar-refractivity contribution is 0.265. The molecule has 1 heterocycles. The fraction of sp³-hybridized carbons (Fsp3) is 0.520. The van der Waals surface area contributed by atoms with Crippen LogP contribution in [0.15, 0.2) is 42.6 Å². The number of anilines is 1. The van der Waals surface area contributed by atoms with Crippen molar-refractivity contribution < 1.29 is 4.79 Å². The molecule has 156 valence electrons. The second kappa shape index (κ2) is 9.34. The zero-order valence-corrected chi connectivity index (χ0v) is 19.2. The van der Waals surface area contributed by atoms with Crippen LogP contribution in [0.4, 0.5) is 10.5 Å². The average molecular weight is 411 g/mol. The summed E-state index contributed by atoms with van der Waals surface area (Å²) >= 11 is 1.32. The fourth-order valence-electron chi connectivity index (χ4n) is 4.41. The Labute approximate surface area is 180 Å². The van der Waals surface area contributed by atoms with Crippen molar-refractivity contribution in [1.82, 2.24) is 4.98 Å². The van der Waals surface area contributed by atoms with Gasteiger partial charge >= 0.3 is 0 Å². The highest BCUT2D eigenvalue weighted by Gasteiger charge is 2.28. The van der Waals surface area contributed by atoms with Crippen molar-refractivity contribution in [2.45, 2.75) is 71.0 Å². The number of hydrogen-bond donors (Lipinski definition) is 1. The van der Waals surface area contributed by atoms with E-state index in [4.69, 9.17) is 0 Å². The molecule has 1 aromatic carbocycles. The summed E-state index contributed by atoms with van der Waals surface area (Å²) in [5.74, 6) is 2.52. The van der Waals surface area contributed by atoms with Crippen molar-refractivity contribution >= 4 is 22.7 Å². The summed E-state index contributed by atoms with van der Waals surface area (Å²) in [5, 5.41) is 3.09. The molecule has 2 unspecified atom stereocenters. The highest BCUT2D eigenvalue weighted by atomic mass is 32.2. The first kappa shape index (κ1) is 21.9. The quantitative estimate of drug-likeness (QED) is 0.571. The second-order valence-corrected chi connectivity index (χ2v) is 10.6. The van der Waals surface area contributed by atoms with Gasteiger partial charge in [-0.05, 0) is 59.8 Å².